The molecule has 0 aliphatic carbocycles. The number of rotatable bonds is 16. The van der Waals surface area contributed by atoms with Gasteiger partial charge in [0.2, 0.25) is 21.8 Å². The van der Waals surface area contributed by atoms with Gasteiger partial charge in [-0.3, -0.25) is 52.7 Å². The summed E-state index contributed by atoms with van der Waals surface area (Å²) in [5, 5.41) is 16.3. The number of nitrogens with one attached hydrogen (secondary N) is 6. The Morgan fingerprint density at radius 1 is 0.420 bits per heavy atom. The SMILES string of the molecule is CC(=O)N1CCC[C@@H](NC(=O)C(=O)c2c(C)c(C(=O)Nc3ccc(F)c(C)c3)c(C)n2C)C1.CC(=O)N1CCC[C@H](NC(=O)C(=O)c2c(C)c(C(=O)Nc3ccc(F)c(C)c3)c(C)n2C)C1.Cc1cc(NC(=O)c2c(C)c(C(=O)C(=O)N[C@@H]3CCCN(S(C)(=O)=O)C3)n(C)c2C)ccc1F. The number of hydrogen-bond acceptors (Lipinski definition) is 13. The second-order valence-electron chi connectivity index (χ2n) is 25.7. The van der Waals surface area contributed by atoms with Crippen LogP contribution in [0.3, 0.4) is 0 Å². The number of carbonyl (C=O) groups excluding carboxylic acids is 11. The van der Waals surface area contributed by atoms with E-state index in [1.54, 1.807) is 93.3 Å². The van der Waals surface area contributed by atoms with Crippen LogP contribution in [-0.4, -0.2) is 164 Å². The van der Waals surface area contributed by atoms with Crippen LogP contribution < -0.4 is 31.9 Å². The number of nitrogens with zero attached hydrogens (tertiary/aromatic N) is 6. The fourth-order valence-electron chi connectivity index (χ4n) is 12.8. The summed E-state index contributed by atoms with van der Waals surface area (Å²) in [5.41, 5.74) is 6.27. The largest absolute Gasteiger partial charge is 0.345 e. The fraction of sp³-hybridized carbons (Fsp3) is 0.423. The number of likely N-dealkylation sites (tertiary alicyclic amines) is 2. The Labute approximate surface area is 579 Å². The maximum absolute atomic E-state index is 13.5. The van der Waals surface area contributed by atoms with Crippen LogP contribution in [0.2, 0.25) is 0 Å². The number of carbonyl (C=O) groups is 11. The molecule has 9 rings (SSSR count). The molecular formula is C71H87F3N12O13S. The van der Waals surface area contributed by atoms with Crippen LogP contribution in [0.15, 0.2) is 54.6 Å². The molecule has 6 heterocycles. The molecule has 3 atom stereocenters. The lowest BCUT2D eigenvalue weighted by Gasteiger charge is -2.32. The summed E-state index contributed by atoms with van der Waals surface area (Å²) in [7, 11) is 1.44. The van der Waals surface area contributed by atoms with Crippen molar-refractivity contribution in [3.8, 4) is 0 Å². The molecule has 0 radical (unpaired) electrons. The van der Waals surface area contributed by atoms with Gasteiger partial charge in [-0.05, 0) is 189 Å². The molecule has 0 spiro atoms. The number of aryl methyl sites for hydroxylation is 3. The number of sulfonamides is 1. The van der Waals surface area contributed by atoms with E-state index in [1.165, 1.54) is 86.5 Å². The van der Waals surface area contributed by atoms with Gasteiger partial charge in [0.25, 0.3) is 52.8 Å². The molecule has 0 saturated carbocycles. The number of anilines is 3. The van der Waals surface area contributed by atoms with Crippen LogP contribution in [0.5, 0.6) is 0 Å². The molecule has 536 valence electrons. The molecule has 0 bridgehead atoms. The molecule has 100 heavy (non-hydrogen) atoms. The lowest BCUT2D eigenvalue weighted by atomic mass is 10.0. The highest BCUT2D eigenvalue weighted by Gasteiger charge is 2.36. The number of amides is 8. The Balaban J connectivity index is 0.000000211. The molecule has 3 fully saturated rings. The van der Waals surface area contributed by atoms with E-state index < -0.39 is 68.9 Å². The number of ketones is 3. The van der Waals surface area contributed by atoms with Gasteiger partial charge in [0, 0.05) is 127 Å². The van der Waals surface area contributed by atoms with E-state index in [1.807, 2.05) is 0 Å². The van der Waals surface area contributed by atoms with Crippen LogP contribution >= 0.6 is 0 Å². The molecular weight excluding hydrogens is 1320 g/mol. The quantitative estimate of drug-likeness (QED) is 0.0408. The molecule has 3 aliphatic heterocycles. The summed E-state index contributed by atoms with van der Waals surface area (Å²) < 4.78 is 70.1. The number of aromatic nitrogens is 3. The first kappa shape index (κ1) is 77.3. The summed E-state index contributed by atoms with van der Waals surface area (Å²) in [6.45, 7) is 20.1. The molecule has 6 N–H and O–H groups in total. The second-order valence-corrected chi connectivity index (χ2v) is 27.7. The Hall–Kier alpha value is -10.0. The van der Waals surface area contributed by atoms with E-state index in [4.69, 9.17) is 0 Å². The zero-order chi connectivity index (χ0) is 74.3. The first-order valence-corrected chi connectivity index (χ1v) is 34.4. The van der Waals surface area contributed by atoms with Gasteiger partial charge >= 0.3 is 0 Å². The van der Waals surface area contributed by atoms with Gasteiger partial charge < -0.3 is 55.4 Å². The molecule has 25 nitrogen and oxygen atoms in total. The van der Waals surface area contributed by atoms with E-state index >= 15 is 0 Å². The third kappa shape index (κ3) is 17.9. The Kier molecular flexibility index (Phi) is 25.0. The number of Topliss-reactive ketones (excluding diaryl/α,β-unsaturated/α-hetero) is 3. The van der Waals surface area contributed by atoms with Crippen LogP contribution in [0.25, 0.3) is 0 Å². The number of halogens is 3. The maximum Gasteiger partial charge on any atom is 0.294 e. The van der Waals surface area contributed by atoms with Crippen molar-refractivity contribution in [2.45, 2.75) is 133 Å². The van der Waals surface area contributed by atoms with Crippen LogP contribution in [0.4, 0.5) is 30.2 Å². The van der Waals surface area contributed by atoms with Crippen molar-refractivity contribution in [2.24, 2.45) is 21.1 Å². The summed E-state index contributed by atoms with van der Waals surface area (Å²) in [6.07, 6.45) is 5.08. The number of piperidine rings is 3. The standard InChI is InChI=1S/2C24H29FN4O4.C23H29FN4O5S/c2*1-13-11-17(8-9-19(13)25)26-23(32)20-14(2)21(28(5)15(20)3)22(31)24(33)27-18-7-6-10-29(12-18)16(4)30;1-13-11-16(8-9-18(13)24)25-22(30)19-14(2)20(27(4)15(19)3)21(29)23(31)26-17-7-6-10-28(12-17)34(5,32)33/h2*8-9,11,18H,6-7,10,12H2,1-5H3,(H,26,32)(H,27,33);8-9,11,17H,6-7,10,12H2,1-5H3,(H,25,30)(H,26,31)/t2*18-;17-/m101/s1. The number of benzene rings is 3. The summed E-state index contributed by atoms with van der Waals surface area (Å²) in [6, 6.07) is 11.6. The van der Waals surface area contributed by atoms with E-state index in [0.717, 1.165) is 19.1 Å². The average molecular weight is 1410 g/mol. The molecule has 0 unspecified atom stereocenters. The van der Waals surface area contributed by atoms with Gasteiger partial charge in [0.15, 0.2) is 0 Å². The van der Waals surface area contributed by atoms with Gasteiger partial charge in [-0.1, -0.05) is 0 Å². The molecule has 29 heteroatoms. The van der Waals surface area contributed by atoms with Crippen molar-refractivity contribution < 1.29 is 74.3 Å². The zero-order valence-corrected chi connectivity index (χ0v) is 59.8. The van der Waals surface area contributed by atoms with Crippen LogP contribution in [0, 0.1) is 79.8 Å². The minimum Gasteiger partial charge on any atom is -0.345 e. The smallest absolute Gasteiger partial charge is 0.294 e. The van der Waals surface area contributed by atoms with Crippen molar-refractivity contribution in [3.63, 3.8) is 0 Å². The summed E-state index contributed by atoms with van der Waals surface area (Å²) in [5.74, 6) is -7.33. The Morgan fingerprint density at radius 3 is 0.950 bits per heavy atom. The van der Waals surface area contributed by atoms with E-state index in [-0.39, 0.29) is 81.7 Å². The topological polar surface area (TPSA) is 319 Å². The van der Waals surface area contributed by atoms with Gasteiger partial charge in [0.1, 0.15) is 17.5 Å². The highest BCUT2D eigenvalue weighted by atomic mass is 32.2. The molecule has 3 aromatic heterocycles. The van der Waals surface area contributed by atoms with Crippen LogP contribution in [0.1, 0.15) is 165 Å². The fourth-order valence-corrected chi connectivity index (χ4v) is 13.8. The molecule has 3 saturated heterocycles. The number of hydrogen-bond donors (Lipinski definition) is 6. The van der Waals surface area contributed by atoms with Crippen molar-refractivity contribution >= 4 is 91.7 Å². The lowest BCUT2D eigenvalue weighted by molar-refractivity contribution is -0.131. The lowest BCUT2D eigenvalue weighted by Crippen LogP contribution is -2.50. The highest BCUT2D eigenvalue weighted by molar-refractivity contribution is 7.88. The Bertz CT molecular complexity index is 4240. The van der Waals surface area contributed by atoms with E-state index in [9.17, 15) is 74.3 Å². The van der Waals surface area contributed by atoms with Crippen molar-refractivity contribution in [3.05, 3.63) is 156 Å². The van der Waals surface area contributed by atoms with E-state index in [2.05, 4.69) is 31.9 Å². The second kappa shape index (κ2) is 32.3. The van der Waals surface area contributed by atoms with Gasteiger partial charge in [-0.15, -0.1) is 0 Å². The minimum absolute atomic E-state index is 0.0684. The van der Waals surface area contributed by atoms with Crippen LogP contribution in [-0.2, 0) is 55.1 Å². The predicted molar refractivity (Wildman–Crippen MR) is 369 cm³/mol. The zero-order valence-electron chi connectivity index (χ0n) is 58.9. The van der Waals surface area contributed by atoms with Gasteiger partial charge in [-0.2, -0.15) is 0 Å². The molecule has 3 aliphatic rings. The molecule has 8 amide bonds. The Morgan fingerprint density at radius 2 is 0.690 bits per heavy atom. The first-order chi connectivity index (χ1) is 46.8. The summed E-state index contributed by atoms with van der Waals surface area (Å²) in [4.78, 5) is 143. The third-order valence-electron chi connectivity index (χ3n) is 18.6. The average Bonchev–Trinajstić information content (AvgIpc) is 1.64. The normalized spacial score (nSPS) is 16.2. The predicted octanol–water partition coefficient (Wildman–Crippen LogP) is 7.37. The molecule has 6 aromatic rings. The first-order valence-electron chi connectivity index (χ1n) is 32.5. The summed E-state index contributed by atoms with van der Waals surface area (Å²) >= 11 is 0. The maximum atomic E-state index is 13.5. The van der Waals surface area contributed by atoms with E-state index in [0.29, 0.717) is 126 Å². The van der Waals surface area contributed by atoms with Crippen molar-refractivity contribution in [2.75, 3.05) is 61.5 Å². The molecule has 3 aromatic carbocycles. The van der Waals surface area contributed by atoms with Gasteiger partial charge in [-0.25, -0.2) is 25.9 Å². The third-order valence-corrected chi connectivity index (χ3v) is 19.8. The monoisotopic (exact) mass is 1400 g/mol. The van der Waals surface area contributed by atoms with Crippen molar-refractivity contribution in [1.29, 1.82) is 0 Å². The minimum atomic E-state index is -3.40. The highest BCUT2D eigenvalue weighted by Crippen LogP contribution is 2.29. The van der Waals surface area contributed by atoms with Crippen molar-refractivity contribution in [1.82, 2.24) is 43.8 Å². The van der Waals surface area contributed by atoms with Gasteiger partial charge in [0.05, 0.1) is 40.0 Å².